The highest BCUT2D eigenvalue weighted by atomic mass is 32.2. The SMILES string of the molecule is C=C1C(=C)C(N(N)c2csc(SN(C)C)c2O)=C1NCc1cc(C(C)C)co1. The largest absolute Gasteiger partial charge is 0.504 e. The molecule has 0 fully saturated rings. The highest BCUT2D eigenvalue weighted by Crippen LogP contribution is 2.47. The Morgan fingerprint density at radius 1 is 1.32 bits per heavy atom. The average molecular weight is 419 g/mol. The number of anilines is 1. The Kier molecular flexibility index (Phi) is 5.95. The lowest BCUT2D eigenvalue weighted by Crippen LogP contribution is -2.39. The summed E-state index contributed by atoms with van der Waals surface area (Å²) in [6.07, 6.45) is 1.79. The van der Waals surface area contributed by atoms with Crippen molar-refractivity contribution in [1.29, 1.82) is 0 Å². The summed E-state index contributed by atoms with van der Waals surface area (Å²) in [7, 11) is 3.84. The van der Waals surface area contributed by atoms with Gasteiger partial charge in [-0.3, -0.25) is 9.31 Å². The van der Waals surface area contributed by atoms with Crippen molar-refractivity contribution < 1.29 is 9.52 Å². The molecule has 0 saturated heterocycles. The van der Waals surface area contributed by atoms with Gasteiger partial charge in [-0.05, 0) is 43.6 Å². The zero-order valence-electron chi connectivity index (χ0n) is 16.6. The summed E-state index contributed by atoms with van der Waals surface area (Å²) in [5.41, 5.74) is 4.78. The first-order valence-electron chi connectivity index (χ1n) is 8.85. The van der Waals surface area contributed by atoms with E-state index in [1.54, 1.807) is 6.26 Å². The molecular formula is C20H26N4O2S2. The van der Waals surface area contributed by atoms with E-state index in [2.05, 4.69) is 32.3 Å². The van der Waals surface area contributed by atoms with E-state index in [-0.39, 0.29) is 5.75 Å². The van der Waals surface area contributed by atoms with Gasteiger partial charge in [-0.25, -0.2) is 5.84 Å². The van der Waals surface area contributed by atoms with Crippen molar-refractivity contribution in [1.82, 2.24) is 9.62 Å². The highest BCUT2D eigenvalue weighted by molar-refractivity contribution is 7.99. The van der Waals surface area contributed by atoms with Crippen LogP contribution in [0.4, 0.5) is 5.69 Å². The van der Waals surface area contributed by atoms with Crippen LogP contribution in [0.1, 0.15) is 31.1 Å². The second-order valence-corrected chi connectivity index (χ2v) is 9.53. The molecule has 1 aliphatic rings. The van der Waals surface area contributed by atoms with Gasteiger partial charge in [-0.2, -0.15) is 0 Å². The van der Waals surface area contributed by atoms with Gasteiger partial charge >= 0.3 is 0 Å². The van der Waals surface area contributed by atoms with Gasteiger partial charge in [0.15, 0.2) is 5.75 Å². The number of hydrazine groups is 1. The third-order valence-corrected chi connectivity index (χ3v) is 6.43. The van der Waals surface area contributed by atoms with E-state index in [0.717, 1.165) is 38.1 Å². The molecule has 3 rings (SSSR count). The third kappa shape index (κ3) is 3.86. The van der Waals surface area contributed by atoms with Crippen LogP contribution in [0.5, 0.6) is 5.75 Å². The van der Waals surface area contributed by atoms with Gasteiger partial charge in [0.2, 0.25) is 0 Å². The molecule has 1 aliphatic carbocycles. The highest BCUT2D eigenvalue weighted by Gasteiger charge is 2.32. The number of nitrogens with one attached hydrogen (secondary N) is 1. The minimum Gasteiger partial charge on any atom is -0.504 e. The summed E-state index contributed by atoms with van der Waals surface area (Å²) in [6, 6.07) is 2.05. The zero-order valence-corrected chi connectivity index (χ0v) is 18.2. The molecule has 2 aromatic rings. The maximum absolute atomic E-state index is 10.5. The Hall–Kier alpha value is -2.13. The van der Waals surface area contributed by atoms with Crippen LogP contribution in [0, 0.1) is 0 Å². The molecule has 0 unspecified atom stereocenters. The lowest BCUT2D eigenvalue weighted by molar-refractivity contribution is 0.466. The molecule has 0 radical (unpaired) electrons. The molecule has 4 N–H and O–H groups in total. The number of hydrogen-bond donors (Lipinski definition) is 3. The predicted octanol–water partition coefficient (Wildman–Crippen LogP) is 4.55. The number of hydrogen-bond acceptors (Lipinski definition) is 8. The molecule has 0 saturated carbocycles. The van der Waals surface area contributed by atoms with Crippen LogP contribution in [0.3, 0.4) is 0 Å². The fourth-order valence-electron chi connectivity index (χ4n) is 2.80. The number of nitrogens with zero attached hydrogens (tertiary/aromatic N) is 2. The smallest absolute Gasteiger partial charge is 0.166 e. The van der Waals surface area contributed by atoms with Crippen molar-refractivity contribution in [3.8, 4) is 5.75 Å². The van der Waals surface area contributed by atoms with Crippen molar-refractivity contribution in [2.75, 3.05) is 19.1 Å². The molecule has 2 aromatic heterocycles. The van der Waals surface area contributed by atoms with Gasteiger partial charge in [0.25, 0.3) is 0 Å². The summed E-state index contributed by atoms with van der Waals surface area (Å²) in [6.45, 7) is 12.9. The molecule has 0 aliphatic heterocycles. The zero-order chi connectivity index (χ0) is 20.6. The summed E-state index contributed by atoms with van der Waals surface area (Å²) < 4.78 is 8.32. The van der Waals surface area contributed by atoms with Crippen molar-refractivity contribution in [3.63, 3.8) is 0 Å². The van der Waals surface area contributed by atoms with Crippen molar-refractivity contribution >= 4 is 29.0 Å². The van der Waals surface area contributed by atoms with E-state index >= 15 is 0 Å². The number of aromatic hydroxyl groups is 1. The van der Waals surface area contributed by atoms with Crippen LogP contribution in [-0.2, 0) is 6.54 Å². The van der Waals surface area contributed by atoms with Gasteiger partial charge in [-0.1, -0.05) is 27.0 Å². The monoisotopic (exact) mass is 418 g/mol. The van der Waals surface area contributed by atoms with Crippen molar-refractivity contribution in [2.24, 2.45) is 5.84 Å². The van der Waals surface area contributed by atoms with E-state index in [0.29, 0.717) is 18.2 Å². The number of allylic oxidation sites excluding steroid dienone is 2. The summed E-state index contributed by atoms with van der Waals surface area (Å²) in [4.78, 5) is 0. The molecule has 28 heavy (non-hydrogen) atoms. The fourth-order valence-corrected chi connectivity index (χ4v) is 4.74. The van der Waals surface area contributed by atoms with Gasteiger partial charge < -0.3 is 14.8 Å². The average Bonchev–Trinajstić information content (AvgIpc) is 3.24. The number of rotatable bonds is 8. The number of furan rings is 1. The first-order chi connectivity index (χ1) is 13.2. The maximum Gasteiger partial charge on any atom is 0.166 e. The van der Waals surface area contributed by atoms with Crippen molar-refractivity contribution in [2.45, 2.75) is 30.5 Å². The Labute approximate surface area is 174 Å². The topological polar surface area (TPSA) is 77.9 Å². The summed E-state index contributed by atoms with van der Waals surface area (Å²) >= 11 is 2.89. The molecule has 0 amide bonds. The van der Waals surface area contributed by atoms with Crippen LogP contribution in [-0.4, -0.2) is 23.5 Å². The van der Waals surface area contributed by atoms with Crippen LogP contribution in [0.2, 0.25) is 0 Å². The molecular weight excluding hydrogens is 392 g/mol. The van der Waals surface area contributed by atoms with Gasteiger partial charge in [0.1, 0.15) is 15.7 Å². The summed E-state index contributed by atoms with van der Waals surface area (Å²) in [5.74, 6) is 7.76. The summed E-state index contributed by atoms with van der Waals surface area (Å²) in [5, 5.41) is 17.2. The fraction of sp³-hybridized carbons (Fsp3) is 0.300. The van der Waals surface area contributed by atoms with E-state index in [1.165, 1.54) is 28.3 Å². The first kappa shape index (κ1) is 20.6. The second kappa shape index (κ2) is 8.08. The second-order valence-electron chi connectivity index (χ2n) is 7.07. The van der Waals surface area contributed by atoms with E-state index in [4.69, 9.17) is 10.3 Å². The molecule has 8 heteroatoms. The first-order valence-corrected chi connectivity index (χ1v) is 10.5. The molecule has 0 bridgehead atoms. The van der Waals surface area contributed by atoms with Crippen LogP contribution >= 0.6 is 23.3 Å². The lowest BCUT2D eigenvalue weighted by Gasteiger charge is -2.35. The Bertz CT molecular complexity index is 940. The van der Waals surface area contributed by atoms with E-state index < -0.39 is 0 Å². The Balaban J connectivity index is 1.80. The van der Waals surface area contributed by atoms with Gasteiger partial charge in [0.05, 0.1) is 24.2 Å². The van der Waals surface area contributed by atoms with Gasteiger partial charge in [0, 0.05) is 16.5 Å². The molecule has 6 nitrogen and oxygen atoms in total. The molecule has 2 heterocycles. The number of thiophene rings is 1. The minimum absolute atomic E-state index is 0.163. The van der Waals surface area contributed by atoms with E-state index in [9.17, 15) is 5.11 Å². The third-order valence-electron chi connectivity index (χ3n) is 4.45. The quantitative estimate of drug-likeness (QED) is 0.330. The normalized spacial score (nSPS) is 14.2. The molecule has 0 spiro atoms. The maximum atomic E-state index is 10.5. The standard InChI is InChI=1S/C20H26N4O2S2/c1-11(2)14-7-15(26-9-14)8-22-17-12(3)13(4)18(17)24(21)16-10-27-20(19(16)25)28-23(5)6/h7,9-11,22,25H,3-4,8,21H2,1-2,5-6H3. The number of nitrogens with two attached hydrogens (primary N) is 1. The molecule has 0 aromatic carbocycles. The Morgan fingerprint density at radius 2 is 2.04 bits per heavy atom. The van der Waals surface area contributed by atoms with Crippen molar-refractivity contribution in [3.05, 3.63) is 64.7 Å². The predicted molar refractivity (Wildman–Crippen MR) is 117 cm³/mol. The molecule has 150 valence electrons. The van der Waals surface area contributed by atoms with E-state index in [1.807, 2.05) is 29.8 Å². The molecule has 0 atom stereocenters. The van der Waals surface area contributed by atoms with Crippen LogP contribution in [0.25, 0.3) is 0 Å². The van der Waals surface area contributed by atoms with Crippen LogP contribution < -0.4 is 16.2 Å². The Morgan fingerprint density at radius 3 is 2.64 bits per heavy atom. The lowest BCUT2D eigenvalue weighted by atomic mass is 9.88. The van der Waals surface area contributed by atoms with Gasteiger partial charge in [-0.15, -0.1) is 11.3 Å². The van der Waals surface area contributed by atoms with Crippen LogP contribution in [0.15, 0.2) is 62.0 Å². The minimum atomic E-state index is 0.163.